The standard InChI is InChI=1S/C18H18F3NO4/c1-25-14-8-5-9-15(10-14)26-11-16(23)22-12-17(24,18(19,20)21)13-6-3-2-4-7-13/h2-10,24H,11-12H2,1H3,(H,22,23). The van der Waals surface area contributed by atoms with Gasteiger partial charge in [-0.3, -0.25) is 4.79 Å². The summed E-state index contributed by atoms with van der Waals surface area (Å²) in [6.45, 7) is -1.53. The number of methoxy groups -OCH3 is 1. The molecule has 1 amide bonds. The van der Waals surface area contributed by atoms with Crippen LogP contribution in [0.5, 0.6) is 11.5 Å². The fourth-order valence-corrected chi connectivity index (χ4v) is 2.20. The maximum Gasteiger partial charge on any atom is 0.423 e. The number of carbonyl (C=O) groups is 1. The molecule has 0 heterocycles. The highest BCUT2D eigenvalue weighted by Crippen LogP contribution is 2.38. The zero-order valence-corrected chi connectivity index (χ0v) is 13.9. The number of rotatable bonds is 7. The summed E-state index contributed by atoms with van der Waals surface area (Å²) in [5.74, 6) is 0.0403. The highest BCUT2D eigenvalue weighted by atomic mass is 19.4. The molecule has 0 saturated heterocycles. The maximum absolute atomic E-state index is 13.3. The maximum atomic E-state index is 13.3. The van der Waals surface area contributed by atoms with Gasteiger partial charge in [0.25, 0.3) is 5.91 Å². The van der Waals surface area contributed by atoms with Gasteiger partial charge in [0.2, 0.25) is 5.60 Å². The predicted molar refractivity (Wildman–Crippen MR) is 87.9 cm³/mol. The summed E-state index contributed by atoms with van der Waals surface area (Å²) in [6, 6.07) is 13.0. The van der Waals surface area contributed by atoms with Crippen molar-refractivity contribution in [3.05, 3.63) is 60.2 Å². The van der Waals surface area contributed by atoms with Gasteiger partial charge >= 0.3 is 6.18 Å². The van der Waals surface area contributed by atoms with Crippen LogP contribution in [0.2, 0.25) is 0 Å². The number of ether oxygens (including phenoxy) is 2. The third kappa shape index (κ3) is 4.66. The van der Waals surface area contributed by atoms with Crippen LogP contribution in [0.4, 0.5) is 13.2 Å². The van der Waals surface area contributed by atoms with E-state index in [0.29, 0.717) is 11.5 Å². The highest BCUT2D eigenvalue weighted by Gasteiger charge is 2.55. The number of nitrogens with one attached hydrogen (secondary N) is 1. The lowest BCUT2D eigenvalue weighted by Crippen LogP contribution is -2.51. The SMILES string of the molecule is COc1cccc(OCC(=O)NCC(O)(c2ccccc2)C(F)(F)F)c1. The van der Waals surface area contributed by atoms with Crippen molar-refractivity contribution in [2.75, 3.05) is 20.3 Å². The molecule has 0 aliphatic heterocycles. The average Bonchev–Trinajstić information content (AvgIpc) is 2.64. The second-order valence-corrected chi connectivity index (χ2v) is 5.47. The van der Waals surface area contributed by atoms with Gasteiger partial charge in [0.1, 0.15) is 11.5 Å². The smallest absolute Gasteiger partial charge is 0.423 e. The van der Waals surface area contributed by atoms with Crippen molar-refractivity contribution >= 4 is 5.91 Å². The molecule has 0 saturated carbocycles. The van der Waals surface area contributed by atoms with Gasteiger partial charge in [0.15, 0.2) is 6.61 Å². The summed E-state index contributed by atoms with van der Waals surface area (Å²) in [5, 5.41) is 12.2. The van der Waals surface area contributed by atoms with Crippen molar-refractivity contribution in [2.45, 2.75) is 11.8 Å². The third-order valence-electron chi connectivity index (χ3n) is 3.67. The highest BCUT2D eigenvalue weighted by molar-refractivity contribution is 5.77. The van der Waals surface area contributed by atoms with Crippen LogP contribution in [0, 0.1) is 0 Å². The molecule has 0 aliphatic rings. The van der Waals surface area contributed by atoms with E-state index in [4.69, 9.17) is 9.47 Å². The van der Waals surface area contributed by atoms with Crippen molar-refractivity contribution in [1.29, 1.82) is 0 Å². The Morgan fingerprint density at radius 3 is 2.35 bits per heavy atom. The molecule has 1 unspecified atom stereocenters. The summed E-state index contributed by atoms with van der Waals surface area (Å²) < 4.78 is 50.2. The molecule has 0 bridgehead atoms. The van der Waals surface area contributed by atoms with E-state index >= 15 is 0 Å². The molecular formula is C18H18F3NO4. The number of carbonyl (C=O) groups excluding carboxylic acids is 1. The number of alkyl halides is 3. The van der Waals surface area contributed by atoms with Crippen molar-refractivity contribution in [3.8, 4) is 11.5 Å². The minimum absolute atomic E-state index is 0.327. The fourth-order valence-electron chi connectivity index (χ4n) is 2.20. The van der Waals surface area contributed by atoms with E-state index in [1.54, 1.807) is 18.2 Å². The van der Waals surface area contributed by atoms with Crippen LogP contribution in [0.15, 0.2) is 54.6 Å². The predicted octanol–water partition coefficient (Wildman–Crippen LogP) is 2.64. The Labute approximate surface area is 148 Å². The quantitative estimate of drug-likeness (QED) is 0.787. The lowest BCUT2D eigenvalue weighted by atomic mass is 9.93. The second-order valence-electron chi connectivity index (χ2n) is 5.47. The van der Waals surface area contributed by atoms with E-state index in [1.165, 1.54) is 31.4 Å². The summed E-state index contributed by atoms with van der Waals surface area (Å²) in [7, 11) is 1.47. The number of aliphatic hydroxyl groups is 1. The number of hydrogen-bond donors (Lipinski definition) is 2. The van der Waals surface area contributed by atoms with Crippen molar-refractivity contribution < 1.29 is 32.5 Å². The molecule has 0 fully saturated rings. The Morgan fingerprint density at radius 1 is 1.08 bits per heavy atom. The van der Waals surface area contributed by atoms with E-state index in [1.807, 2.05) is 0 Å². The molecule has 5 nitrogen and oxygen atoms in total. The minimum Gasteiger partial charge on any atom is -0.497 e. The van der Waals surface area contributed by atoms with Crippen LogP contribution >= 0.6 is 0 Å². The average molecular weight is 369 g/mol. The Kier molecular flexibility index (Phi) is 6.10. The zero-order chi connectivity index (χ0) is 19.2. The van der Waals surface area contributed by atoms with Gasteiger partial charge in [0, 0.05) is 6.07 Å². The number of benzene rings is 2. The molecule has 8 heteroatoms. The molecular weight excluding hydrogens is 351 g/mol. The summed E-state index contributed by atoms with van der Waals surface area (Å²) in [6.07, 6.45) is -4.96. The van der Waals surface area contributed by atoms with Crippen molar-refractivity contribution in [1.82, 2.24) is 5.32 Å². The first-order valence-corrected chi connectivity index (χ1v) is 7.64. The normalized spacial score (nSPS) is 13.6. The fraction of sp³-hybridized carbons (Fsp3) is 0.278. The topological polar surface area (TPSA) is 67.8 Å². The molecule has 26 heavy (non-hydrogen) atoms. The monoisotopic (exact) mass is 369 g/mol. The van der Waals surface area contributed by atoms with Gasteiger partial charge in [-0.15, -0.1) is 0 Å². The van der Waals surface area contributed by atoms with Crippen LogP contribution in [-0.2, 0) is 10.4 Å². The minimum atomic E-state index is -4.96. The van der Waals surface area contributed by atoms with Gasteiger partial charge in [-0.25, -0.2) is 0 Å². The van der Waals surface area contributed by atoms with Crippen LogP contribution in [0.3, 0.4) is 0 Å². The molecule has 2 aromatic rings. The summed E-state index contributed by atoms with van der Waals surface area (Å²) in [4.78, 5) is 11.8. The molecule has 2 N–H and O–H groups in total. The zero-order valence-electron chi connectivity index (χ0n) is 13.9. The Bertz CT molecular complexity index is 737. The van der Waals surface area contributed by atoms with E-state index in [0.717, 1.165) is 12.1 Å². The number of amides is 1. The van der Waals surface area contributed by atoms with E-state index in [-0.39, 0.29) is 5.56 Å². The number of halogens is 3. The molecule has 0 aromatic heterocycles. The van der Waals surface area contributed by atoms with Gasteiger partial charge in [0.05, 0.1) is 13.7 Å². The van der Waals surface area contributed by atoms with Crippen LogP contribution in [-0.4, -0.2) is 37.5 Å². The molecule has 0 aliphatic carbocycles. The molecule has 1 atom stereocenters. The first-order valence-electron chi connectivity index (χ1n) is 7.64. The number of hydrogen-bond acceptors (Lipinski definition) is 4. The van der Waals surface area contributed by atoms with Crippen LogP contribution in [0.25, 0.3) is 0 Å². The molecule has 140 valence electrons. The van der Waals surface area contributed by atoms with Gasteiger partial charge in [-0.1, -0.05) is 36.4 Å². The van der Waals surface area contributed by atoms with E-state index in [9.17, 15) is 23.1 Å². The molecule has 0 spiro atoms. The van der Waals surface area contributed by atoms with Gasteiger partial charge < -0.3 is 19.9 Å². The van der Waals surface area contributed by atoms with Crippen LogP contribution < -0.4 is 14.8 Å². The Balaban J connectivity index is 1.99. The first-order chi connectivity index (χ1) is 12.3. The molecule has 2 aromatic carbocycles. The molecule has 0 radical (unpaired) electrons. The van der Waals surface area contributed by atoms with Crippen molar-refractivity contribution in [3.63, 3.8) is 0 Å². The summed E-state index contributed by atoms with van der Waals surface area (Å²) in [5.41, 5.74) is -3.55. The van der Waals surface area contributed by atoms with Crippen molar-refractivity contribution in [2.24, 2.45) is 0 Å². The van der Waals surface area contributed by atoms with Gasteiger partial charge in [-0.05, 0) is 17.7 Å². The Hall–Kier alpha value is -2.74. The van der Waals surface area contributed by atoms with E-state index < -0.39 is 30.8 Å². The molecule has 2 rings (SSSR count). The second kappa shape index (κ2) is 8.09. The lowest BCUT2D eigenvalue weighted by Gasteiger charge is -2.31. The first kappa shape index (κ1) is 19.6. The third-order valence-corrected chi connectivity index (χ3v) is 3.67. The van der Waals surface area contributed by atoms with Crippen LogP contribution in [0.1, 0.15) is 5.56 Å². The largest absolute Gasteiger partial charge is 0.497 e. The van der Waals surface area contributed by atoms with E-state index in [2.05, 4.69) is 5.32 Å². The van der Waals surface area contributed by atoms with Gasteiger partial charge in [-0.2, -0.15) is 13.2 Å². The lowest BCUT2D eigenvalue weighted by molar-refractivity contribution is -0.264. The Morgan fingerprint density at radius 2 is 1.73 bits per heavy atom. The summed E-state index contributed by atoms with van der Waals surface area (Å²) >= 11 is 0.